The summed E-state index contributed by atoms with van der Waals surface area (Å²) < 4.78 is 19.7. The molecule has 3 rings (SSSR count). The molecule has 1 N–H and O–H groups in total. The number of carbonyl (C=O) groups is 1. The maximum absolute atomic E-state index is 13.0. The quantitative estimate of drug-likeness (QED) is 0.757. The monoisotopic (exact) mass is 359 g/mol. The Labute approximate surface area is 149 Å². The highest BCUT2D eigenvalue weighted by atomic mass is 35.5. The van der Waals surface area contributed by atoms with Crippen LogP contribution in [0, 0.1) is 5.82 Å². The lowest BCUT2D eigenvalue weighted by Gasteiger charge is -2.06. The summed E-state index contributed by atoms with van der Waals surface area (Å²) in [5.74, 6) is -0.417. The molecule has 0 aliphatic rings. The maximum atomic E-state index is 13.0. The number of benzene rings is 2. The number of carbonyl (C=O) groups excluding carboxylic acids is 1. The Morgan fingerprint density at radius 3 is 2.64 bits per heavy atom. The second-order valence-electron chi connectivity index (χ2n) is 5.24. The molecule has 0 atom stereocenters. The maximum Gasteiger partial charge on any atom is 0.275 e. The second-order valence-corrected chi connectivity index (χ2v) is 5.65. The molecular formula is C18H15ClFN3O2. The highest BCUT2D eigenvalue weighted by Gasteiger charge is 2.18. The van der Waals surface area contributed by atoms with E-state index in [1.165, 1.54) is 23.9 Å². The Bertz CT molecular complexity index is 894. The first-order valence-electron chi connectivity index (χ1n) is 7.49. The van der Waals surface area contributed by atoms with E-state index in [2.05, 4.69) is 10.4 Å². The van der Waals surface area contributed by atoms with Gasteiger partial charge in [-0.25, -0.2) is 9.07 Å². The summed E-state index contributed by atoms with van der Waals surface area (Å²) in [7, 11) is 1.46. The van der Waals surface area contributed by atoms with Crippen LogP contribution in [0.4, 0.5) is 4.39 Å². The van der Waals surface area contributed by atoms with Crippen molar-refractivity contribution >= 4 is 17.5 Å². The molecule has 0 unspecified atom stereocenters. The molecule has 0 aliphatic heterocycles. The number of methoxy groups -OCH3 is 1. The van der Waals surface area contributed by atoms with Crippen LogP contribution in [-0.4, -0.2) is 22.8 Å². The van der Waals surface area contributed by atoms with Crippen molar-refractivity contribution in [2.24, 2.45) is 0 Å². The number of nitrogens with zero attached hydrogens (tertiary/aromatic N) is 2. The molecule has 5 nitrogen and oxygen atoms in total. The van der Waals surface area contributed by atoms with Gasteiger partial charge in [0.1, 0.15) is 5.82 Å². The van der Waals surface area contributed by atoms with Gasteiger partial charge in [-0.1, -0.05) is 29.8 Å². The number of aromatic nitrogens is 2. The molecule has 3 aromatic rings. The summed E-state index contributed by atoms with van der Waals surface area (Å²) in [5.41, 5.74) is 1.55. The molecular weight excluding hydrogens is 345 g/mol. The van der Waals surface area contributed by atoms with Crippen LogP contribution in [0.3, 0.4) is 0 Å². The normalized spacial score (nSPS) is 10.5. The fourth-order valence-corrected chi connectivity index (χ4v) is 2.49. The standard InChI is InChI=1S/C18H15ClFN3O2/c1-25-16-11-23(14-8-6-13(20)7-9-14)22-17(16)18(24)21-10-12-4-2-3-5-15(12)19/h2-9,11H,10H2,1H3,(H,21,24). The lowest BCUT2D eigenvalue weighted by atomic mass is 10.2. The van der Waals surface area contributed by atoms with Crippen molar-refractivity contribution in [2.45, 2.75) is 6.54 Å². The minimum Gasteiger partial charge on any atom is -0.493 e. The van der Waals surface area contributed by atoms with Gasteiger partial charge in [0.05, 0.1) is 19.0 Å². The molecule has 0 saturated carbocycles. The minimum absolute atomic E-state index is 0.138. The van der Waals surface area contributed by atoms with Crippen molar-refractivity contribution in [3.05, 3.63) is 76.8 Å². The number of hydrogen-bond acceptors (Lipinski definition) is 3. The van der Waals surface area contributed by atoms with Gasteiger partial charge in [0.25, 0.3) is 5.91 Å². The van der Waals surface area contributed by atoms with E-state index in [0.717, 1.165) is 5.56 Å². The zero-order valence-electron chi connectivity index (χ0n) is 13.4. The van der Waals surface area contributed by atoms with Crippen LogP contribution in [-0.2, 0) is 6.54 Å². The summed E-state index contributed by atoms with van der Waals surface area (Å²) in [5, 5.41) is 7.58. The first-order chi connectivity index (χ1) is 12.1. The number of nitrogens with one attached hydrogen (secondary N) is 1. The van der Waals surface area contributed by atoms with Gasteiger partial charge in [-0.3, -0.25) is 4.79 Å². The summed E-state index contributed by atoms with van der Waals surface area (Å²) in [4.78, 5) is 12.4. The van der Waals surface area contributed by atoms with Gasteiger partial charge >= 0.3 is 0 Å². The van der Waals surface area contributed by atoms with Gasteiger partial charge in [-0.05, 0) is 35.9 Å². The molecule has 0 fully saturated rings. The Kier molecular flexibility index (Phi) is 5.00. The molecule has 128 valence electrons. The highest BCUT2D eigenvalue weighted by Crippen LogP contribution is 2.20. The summed E-state index contributed by atoms with van der Waals surface area (Å²) in [6, 6.07) is 13.0. The van der Waals surface area contributed by atoms with Gasteiger partial charge < -0.3 is 10.1 Å². The van der Waals surface area contributed by atoms with E-state index in [1.54, 1.807) is 24.4 Å². The third kappa shape index (κ3) is 3.80. The van der Waals surface area contributed by atoms with E-state index in [9.17, 15) is 9.18 Å². The molecule has 1 heterocycles. The zero-order chi connectivity index (χ0) is 17.8. The predicted octanol–water partition coefficient (Wildman–Crippen LogP) is 3.60. The van der Waals surface area contributed by atoms with E-state index in [0.29, 0.717) is 16.5 Å². The molecule has 0 aliphatic carbocycles. The summed E-state index contributed by atoms with van der Waals surface area (Å²) in [6.07, 6.45) is 1.57. The molecule has 0 spiro atoms. The lowest BCUT2D eigenvalue weighted by molar-refractivity contribution is 0.0942. The number of amides is 1. The average Bonchev–Trinajstić information content (AvgIpc) is 3.06. The van der Waals surface area contributed by atoms with Gasteiger partial charge in [-0.15, -0.1) is 0 Å². The Hall–Kier alpha value is -2.86. The van der Waals surface area contributed by atoms with Crippen molar-refractivity contribution in [1.82, 2.24) is 15.1 Å². The van der Waals surface area contributed by atoms with Crippen LogP contribution < -0.4 is 10.1 Å². The Morgan fingerprint density at radius 2 is 1.96 bits per heavy atom. The van der Waals surface area contributed by atoms with Crippen LogP contribution in [0.15, 0.2) is 54.7 Å². The smallest absolute Gasteiger partial charge is 0.275 e. The minimum atomic E-state index is -0.391. The van der Waals surface area contributed by atoms with Crippen LogP contribution >= 0.6 is 11.6 Å². The number of ether oxygens (including phenoxy) is 1. The molecule has 1 amide bonds. The fraction of sp³-hybridized carbons (Fsp3) is 0.111. The highest BCUT2D eigenvalue weighted by molar-refractivity contribution is 6.31. The molecule has 0 radical (unpaired) electrons. The van der Waals surface area contributed by atoms with Crippen molar-refractivity contribution in [3.8, 4) is 11.4 Å². The van der Waals surface area contributed by atoms with E-state index >= 15 is 0 Å². The SMILES string of the molecule is COc1cn(-c2ccc(F)cc2)nc1C(=O)NCc1ccccc1Cl. The Balaban J connectivity index is 1.80. The first kappa shape index (κ1) is 17.0. The van der Waals surface area contributed by atoms with E-state index in [1.807, 2.05) is 18.2 Å². The average molecular weight is 360 g/mol. The van der Waals surface area contributed by atoms with Crippen molar-refractivity contribution in [2.75, 3.05) is 7.11 Å². The van der Waals surface area contributed by atoms with Crippen LogP contribution in [0.1, 0.15) is 16.1 Å². The summed E-state index contributed by atoms with van der Waals surface area (Å²) in [6.45, 7) is 0.269. The number of rotatable bonds is 5. The lowest BCUT2D eigenvalue weighted by Crippen LogP contribution is -2.24. The molecule has 0 saturated heterocycles. The van der Waals surface area contributed by atoms with Crippen LogP contribution in [0.2, 0.25) is 5.02 Å². The molecule has 1 aromatic heterocycles. The first-order valence-corrected chi connectivity index (χ1v) is 7.87. The van der Waals surface area contributed by atoms with Crippen molar-refractivity contribution in [1.29, 1.82) is 0 Å². The number of halogens is 2. The predicted molar refractivity (Wildman–Crippen MR) is 92.7 cm³/mol. The van der Waals surface area contributed by atoms with Crippen LogP contribution in [0.25, 0.3) is 5.69 Å². The molecule has 0 bridgehead atoms. The Morgan fingerprint density at radius 1 is 1.24 bits per heavy atom. The van der Waals surface area contributed by atoms with E-state index in [4.69, 9.17) is 16.3 Å². The van der Waals surface area contributed by atoms with Gasteiger partial charge in [0, 0.05) is 11.6 Å². The van der Waals surface area contributed by atoms with Crippen molar-refractivity contribution < 1.29 is 13.9 Å². The van der Waals surface area contributed by atoms with Gasteiger partial charge in [-0.2, -0.15) is 5.10 Å². The third-order valence-corrected chi connectivity index (χ3v) is 3.97. The van der Waals surface area contributed by atoms with E-state index in [-0.39, 0.29) is 18.1 Å². The van der Waals surface area contributed by atoms with Gasteiger partial charge in [0.2, 0.25) is 0 Å². The second kappa shape index (κ2) is 7.36. The van der Waals surface area contributed by atoms with Gasteiger partial charge in [0.15, 0.2) is 11.4 Å². The van der Waals surface area contributed by atoms with Crippen molar-refractivity contribution in [3.63, 3.8) is 0 Å². The number of hydrogen-bond donors (Lipinski definition) is 1. The third-order valence-electron chi connectivity index (χ3n) is 3.60. The van der Waals surface area contributed by atoms with E-state index < -0.39 is 5.91 Å². The fourth-order valence-electron chi connectivity index (χ4n) is 2.29. The molecule has 7 heteroatoms. The molecule has 25 heavy (non-hydrogen) atoms. The largest absolute Gasteiger partial charge is 0.493 e. The molecule has 2 aromatic carbocycles. The topological polar surface area (TPSA) is 56.2 Å². The summed E-state index contributed by atoms with van der Waals surface area (Å²) >= 11 is 6.08. The zero-order valence-corrected chi connectivity index (χ0v) is 14.1. The van der Waals surface area contributed by atoms with Crippen LogP contribution in [0.5, 0.6) is 5.75 Å².